The molecule has 0 aliphatic carbocycles. The van der Waals surface area contributed by atoms with Gasteiger partial charge < -0.3 is 14.7 Å². The first kappa shape index (κ1) is 21.4. The number of hydrogen-bond donors (Lipinski definition) is 1. The largest absolute Gasteiger partial charge is 0.339 e. The predicted octanol–water partition coefficient (Wildman–Crippen LogP) is 3.28. The molecule has 0 bridgehead atoms. The van der Waals surface area contributed by atoms with Gasteiger partial charge in [-0.3, -0.25) is 4.79 Å². The van der Waals surface area contributed by atoms with Crippen molar-refractivity contribution in [2.75, 3.05) is 19.6 Å². The number of piperazine rings is 1. The Morgan fingerprint density at radius 2 is 2.07 bits per heavy atom. The fourth-order valence-corrected chi connectivity index (χ4v) is 3.24. The summed E-state index contributed by atoms with van der Waals surface area (Å²) in [6.45, 7) is 8.53. The Bertz CT molecular complexity index is 730. The minimum atomic E-state index is 0. The van der Waals surface area contributed by atoms with Crippen LogP contribution in [0.1, 0.15) is 62.0 Å². The Morgan fingerprint density at radius 1 is 1.33 bits per heavy atom. The fraction of sp³-hybridized carbons (Fsp3) is 0.550. The van der Waals surface area contributed by atoms with E-state index in [-0.39, 0.29) is 30.3 Å². The minimum Gasteiger partial charge on any atom is -0.339 e. The molecule has 6 nitrogen and oxygen atoms in total. The summed E-state index contributed by atoms with van der Waals surface area (Å²) in [5, 5.41) is 7.37. The standard InChI is InChI=1S/C20H28N4O2.ClH/c1-4-15-5-7-16(8-6-15)17-13-21-11-12-24(17)19(25)10-9-18-22-20(14(2)3)23-26-18;/h5-8,14,17,21H,4,9-13H2,1-3H3;1H. The number of benzene rings is 1. The molecule has 3 rings (SSSR count). The van der Waals surface area contributed by atoms with E-state index < -0.39 is 0 Å². The van der Waals surface area contributed by atoms with E-state index in [0.29, 0.717) is 24.6 Å². The molecule has 1 aromatic carbocycles. The molecular weight excluding hydrogens is 364 g/mol. The Labute approximate surface area is 167 Å². The van der Waals surface area contributed by atoms with Crippen LogP contribution in [0.3, 0.4) is 0 Å². The zero-order chi connectivity index (χ0) is 18.5. The number of halogens is 1. The Balaban J connectivity index is 0.00000261. The third-order valence-corrected chi connectivity index (χ3v) is 4.89. The van der Waals surface area contributed by atoms with Gasteiger partial charge in [0.15, 0.2) is 5.82 Å². The van der Waals surface area contributed by atoms with Gasteiger partial charge in [-0.15, -0.1) is 12.4 Å². The molecule has 2 aromatic rings. The lowest BCUT2D eigenvalue weighted by Crippen LogP contribution is -2.48. The molecule has 1 amide bonds. The molecule has 1 fully saturated rings. The normalized spacial score (nSPS) is 17.0. The highest BCUT2D eigenvalue weighted by Crippen LogP contribution is 2.24. The van der Waals surface area contributed by atoms with Crippen LogP contribution in [-0.4, -0.2) is 40.6 Å². The molecule has 0 radical (unpaired) electrons. The fourth-order valence-electron chi connectivity index (χ4n) is 3.24. The van der Waals surface area contributed by atoms with Gasteiger partial charge in [-0.2, -0.15) is 4.98 Å². The maximum atomic E-state index is 12.8. The lowest BCUT2D eigenvalue weighted by atomic mass is 10.0. The van der Waals surface area contributed by atoms with Crippen LogP contribution >= 0.6 is 12.4 Å². The average Bonchev–Trinajstić information content (AvgIpc) is 3.15. The molecule has 2 heterocycles. The molecule has 1 aliphatic heterocycles. The second-order valence-corrected chi connectivity index (χ2v) is 7.10. The van der Waals surface area contributed by atoms with E-state index in [1.165, 1.54) is 11.1 Å². The first-order valence-electron chi connectivity index (χ1n) is 9.50. The summed E-state index contributed by atoms with van der Waals surface area (Å²) in [5.74, 6) is 1.61. The smallest absolute Gasteiger partial charge is 0.227 e. The van der Waals surface area contributed by atoms with Crippen LogP contribution in [0, 0.1) is 0 Å². The number of aromatic nitrogens is 2. The summed E-state index contributed by atoms with van der Waals surface area (Å²) in [7, 11) is 0. The average molecular weight is 393 g/mol. The van der Waals surface area contributed by atoms with Crippen LogP contribution < -0.4 is 5.32 Å². The lowest BCUT2D eigenvalue weighted by molar-refractivity contribution is -0.134. The van der Waals surface area contributed by atoms with E-state index in [2.05, 4.69) is 46.6 Å². The van der Waals surface area contributed by atoms with E-state index >= 15 is 0 Å². The van der Waals surface area contributed by atoms with Crippen molar-refractivity contribution in [2.24, 2.45) is 0 Å². The summed E-state index contributed by atoms with van der Waals surface area (Å²) in [6.07, 6.45) is 1.90. The van der Waals surface area contributed by atoms with E-state index in [9.17, 15) is 4.79 Å². The summed E-state index contributed by atoms with van der Waals surface area (Å²) >= 11 is 0. The first-order chi connectivity index (χ1) is 12.6. The third kappa shape index (κ3) is 5.30. The van der Waals surface area contributed by atoms with Gasteiger partial charge in [0.25, 0.3) is 0 Å². The highest BCUT2D eigenvalue weighted by atomic mass is 35.5. The predicted molar refractivity (Wildman–Crippen MR) is 107 cm³/mol. The van der Waals surface area contributed by atoms with Crippen LogP contribution in [0.4, 0.5) is 0 Å². The van der Waals surface area contributed by atoms with Crippen molar-refractivity contribution in [2.45, 2.75) is 52.0 Å². The highest BCUT2D eigenvalue weighted by Gasteiger charge is 2.27. The lowest BCUT2D eigenvalue weighted by Gasteiger charge is -2.36. The van der Waals surface area contributed by atoms with Crippen LogP contribution in [0.25, 0.3) is 0 Å². The first-order valence-corrected chi connectivity index (χ1v) is 9.50. The van der Waals surface area contributed by atoms with Gasteiger partial charge >= 0.3 is 0 Å². The van der Waals surface area contributed by atoms with Gasteiger partial charge in [-0.1, -0.05) is 50.2 Å². The SMILES string of the molecule is CCc1ccc(C2CNCCN2C(=O)CCc2nc(C(C)C)no2)cc1.Cl. The van der Waals surface area contributed by atoms with Gasteiger partial charge in [0.2, 0.25) is 11.8 Å². The van der Waals surface area contributed by atoms with Gasteiger partial charge in [-0.25, -0.2) is 0 Å². The second kappa shape index (κ2) is 9.85. The van der Waals surface area contributed by atoms with Crippen molar-refractivity contribution in [3.63, 3.8) is 0 Å². The zero-order valence-corrected chi connectivity index (χ0v) is 17.1. The monoisotopic (exact) mass is 392 g/mol. The van der Waals surface area contributed by atoms with Gasteiger partial charge in [0.05, 0.1) is 6.04 Å². The Hall–Kier alpha value is -1.92. The second-order valence-electron chi connectivity index (χ2n) is 7.10. The van der Waals surface area contributed by atoms with Gasteiger partial charge in [0.1, 0.15) is 0 Å². The number of rotatable bonds is 6. The maximum absolute atomic E-state index is 12.8. The Morgan fingerprint density at radius 3 is 2.70 bits per heavy atom. The molecule has 0 saturated carbocycles. The van der Waals surface area contributed by atoms with E-state index in [1.54, 1.807) is 0 Å². The number of nitrogens with one attached hydrogen (secondary N) is 1. The minimum absolute atomic E-state index is 0. The van der Waals surface area contributed by atoms with E-state index in [1.807, 2.05) is 18.7 Å². The zero-order valence-electron chi connectivity index (χ0n) is 16.3. The molecule has 1 aromatic heterocycles. The summed E-state index contributed by atoms with van der Waals surface area (Å²) in [4.78, 5) is 19.2. The quantitative estimate of drug-likeness (QED) is 0.816. The molecule has 1 unspecified atom stereocenters. The van der Waals surface area contributed by atoms with Crippen molar-refractivity contribution < 1.29 is 9.32 Å². The molecule has 1 saturated heterocycles. The summed E-state index contributed by atoms with van der Waals surface area (Å²) in [6, 6.07) is 8.67. The highest BCUT2D eigenvalue weighted by molar-refractivity contribution is 5.85. The molecule has 1 aliphatic rings. The summed E-state index contributed by atoms with van der Waals surface area (Å²) in [5.41, 5.74) is 2.50. The van der Waals surface area contributed by atoms with Crippen LogP contribution in [0.15, 0.2) is 28.8 Å². The van der Waals surface area contributed by atoms with Crippen molar-refractivity contribution in [3.05, 3.63) is 47.1 Å². The van der Waals surface area contributed by atoms with Crippen LogP contribution in [-0.2, 0) is 17.6 Å². The van der Waals surface area contributed by atoms with E-state index in [4.69, 9.17) is 4.52 Å². The molecule has 0 spiro atoms. The van der Waals surface area contributed by atoms with Crippen molar-refractivity contribution in [1.82, 2.24) is 20.4 Å². The van der Waals surface area contributed by atoms with Gasteiger partial charge in [-0.05, 0) is 17.5 Å². The number of amides is 1. The molecule has 1 atom stereocenters. The van der Waals surface area contributed by atoms with Crippen LogP contribution in [0.5, 0.6) is 0 Å². The molecule has 148 valence electrons. The summed E-state index contributed by atoms with van der Waals surface area (Å²) < 4.78 is 5.26. The number of nitrogens with zero attached hydrogens (tertiary/aromatic N) is 3. The van der Waals surface area contributed by atoms with Crippen molar-refractivity contribution in [3.8, 4) is 0 Å². The Kier molecular flexibility index (Phi) is 7.80. The van der Waals surface area contributed by atoms with E-state index in [0.717, 1.165) is 26.1 Å². The number of carbonyl (C=O) groups excluding carboxylic acids is 1. The molecular formula is C20H29ClN4O2. The number of hydrogen-bond acceptors (Lipinski definition) is 5. The molecule has 1 N–H and O–H groups in total. The van der Waals surface area contributed by atoms with Crippen LogP contribution in [0.2, 0.25) is 0 Å². The number of carbonyl (C=O) groups is 1. The van der Waals surface area contributed by atoms with Crippen molar-refractivity contribution in [1.29, 1.82) is 0 Å². The van der Waals surface area contributed by atoms with Crippen molar-refractivity contribution >= 4 is 18.3 Å². The third-order valence-electron chi connectivity index (χ3n) is 4.89. The number of aryl methyl sites for hydroxylation is 2. The topological polar surface area (TPSA) is 71.3 Å². The molecule has 27 heavy (non-hydrogen) atoms. The molecule has 7 heteroatoms. The maximum Gasteiger partial charge on any atom is 0.227 e. The van der Waals surface area contributed by atoms with Gasteiger partial charge in [0, 0.05) is 38.4 Å².